The lowest BCUT2D eigenvalue weighted by Gasteiger charge is -2.34. The van der Waals surface area contributed by atoms with Crippen LogP contribution >= 0.6 is 0 Å². The van der Waals surface area contributed by atoms with Gasteiger partial charge in [-0.2, -0.15) is 0 Å². The number of carbonyl (C=O) groups is 1. The highest BCUT2D eigenvalue weighted by Crippen LogP contribution is 2.31. The summed E-state index contributed by atoms with van der Waals surface area (Å²) >= 11 is 0. The summed E-state index contributed by atoms with van der Waals surface area (Å²) in [7, 11) is 0. The molecule has 4 rings (SSSR count). The van der Waals surface area contributed by atoms with Gasteiger partial charge in [-0.05, 0) is 43.7 Å². The number of nitrogens with zero attached hydrogens (tertiary/aromatic N) is 3. The summed E-state index contributed by atoms with van der Waals surface area (Å²) in [5.74, 6) is 0.959. The first kappa shape index (κ1) is 21.4. The number of amides is 1. The van der Waals surface area contributed by atoms with Gasteiger partial charge in [0.2, 0.25) is 0 Å². The molecular formula is C26H33N3O2. The van der Waals surface area contributed by atoms with Gasteiger partial charge in [-0.25, -0.2) is 0 Å². The molecule has 31 heavy (non-hydrogen) atoms. The molecule has 164 valence electrons. The second-order valence-electron chi connectivity index (χ2n) is 8.35. The van der Waals surface area contributed by atoms with E-state index in [0.717, 1.165) is 61.5 Å². The second kappa shape index (κ2) is 9.56. The zero-order valence-electron chi connectivity index (χ0n) is 18.9. The average Bonchev–Trinajstić information content (AvgIpc) is 3.18. The van der Waals surface area contributed by atoms with Gasteiger partial charge in [-0.1, -0.05) is 50.2 Å². The Morgan fingerprint density at radius 2 is 1.74 bits per heavy atom. The molecule has 0 bridgehead atoms. The summed E-state index contributed by atoms with van der Waals surface area (Å²) < 4.78 is 8.36. The lowest BCUT2D eigenvalue weighted by Crippen LogP contribution is -2.48. The average molecular weight is 420 g/mol. The van der Waals surface area contributed by atoms with Crippen LogP contribution in [0.3, 0.4) is 0 Å². The smallest absolute Gasteiger partial charge is 0.270 e. The number of hydrogen-bond donors (Lipinski definition) is 0. The molecule has 0 N–H and O–H groups in total. The molecule has 3 aromatic rings. The van der Waals surface area contributed by atoms with E-state index in [1.165, 1.54) is 5.56 Å². The van der Waals surface area contributed by atoms with Crippen LogP contribution in [0.5, 0.6) is 5.75 Å². The van der Waals surface area contributed by atoms with Gasteiger partial charge in [0.25, 0.3) is 5.91 Å². The van der Waals surface area contributed by atoms with E-state index in [-0.39, 0.29) is 12.0 Å². The Morgan fingerprint density at radius 3 is 2.42 bits per heavy atom. The Kier molecular flexibility index (Phi) is 6.62. The molecule has 0 aliphatic carbocycles. The highest BCUT2D eigenvalue weighted by Gasteiger charge is 2.26. The third-order valence-electron chi connectivity index (χ3n) is 6.32. The molecule has 1 aliphatic rings. The molecule has 1 aromatic heterocycles. The van der Waals surface area contributed by atoms with Crippen LogP contribution in [0.15, 0.2) is 54.6 Å². The Morgan fingerprint density at radius 1 is 1.00 bits per heavy atom. The molecule has 2 heterocycles. The van der Waals surface area contributed by atoms with Gasteiger partial charge in [0.15, 0.2) is 0 Å². The third-order valence-corrected chi connectivity index (χ3v) is 6.32. The van der Waals surface area contributed by atoms with Gasteiger partial charge in [-0.3, -0.25) is 4.79 Å². The number of rotatable bonds is 7. The maximum absolute atomic E-state index is 13.6. The molecule has 1 aliphatic heterocycles. The van der Waals surface area contributed by atoms with Crippen LogP contribution in [-0.2, 0) is 6.54 Å². The quantitative estimate of drug-likeness (QED) is 0.560. The highest BCUT2D eigenvalue weighted by atomic mass is 16.5. The number of benzene rings is 2. The Bertz CT molecular complexity index is 1020. The molecule has 1 atom stereocenters. The van der Waals surface area contributed by atoms with E-state index < -0.39 is 0 Å². The number of fused-ring (bicyclic) bond motifs is 1. The molecule has 1 amide bonds. The van der Waals surface area contributed by atoms with Crippen LogP contribution in [0.1, 0.15) is 43.2 Å². The van der Waals surface area contributed by atoms with Crippen LogP contribution in [0, 0.1) is 0 Å². The Balaban J connectivity index is 1.74. The molecule has 5 nitrogen and oxygen atoms in total. The van der Waals surface area contributed by atoms with Crippen molar-refractivity contribution in [3.8, 4) is 5.75 Å². The number of hydrogen-bond acceptors (Lipinski definition) is 3. The van der Waals surface area contributed by atoms with E-state index in [1.807, 2.05) is 41.3 Å². The molecule has 0 saturated carbocycles. The SMILES string of the molecule is CC[C@H](C)Oc1cccc2c1cc(C(=O)N1CCN(CC)CC1)n2Cc1ccccc1. The topological polar surface area (TPSA) is 37.7 Å². The van der Waals surface area contributed by atoms with E-state index in [9.17, 15) is 4.79 Å². The van der Waals surface area contributed by atoms with Gasteiger partial charge in [0.1, 0.15) is 11.4 Å². The summed E-state index contributed by atoms with van der Waals surface area (Å²) in [6, 6.07) is 18.5. The fraction of sp³-hybridized carbons (Fsp3) is 0.423. The monoisotopic (exact) mass is 419 g/mol. The maximum Gasteiger partial charge on any atom is 0.270 e. The molecule has 2 aromatic carbocycles. The first-order chi connectivity index (χ1) is 15.1. The minimum atomic E-state index is 0.109. The van der Waals surface area contributed by atoms with Crippen LogP contribution in [0.4, 0.5) is 0 Å². The standard InChI is InChI=1S/C26H33N3O2/c1-4-20(3)31-25-13-9-12-23-22(25)18-24(29(23)19-21-10-7-6-8-11-21)26(30)28-16-14-27(5-2)15-17-28/h6-13,18,20H,4-5,14-17,19H2,1-3H3/t20-/m0/s1. The molecule has 1 fully saturated rings. The first-order valence-corrected chi connectivity index (χ1v) is 11.4. The summed E-state index contributed by atoms with van der Waals surface area (Å²) in [6.45, 7) is 11.5. The van der Waals surface area contributed by atoms with Crippen LogP contribution < -0.4 is 4.74 Å². The van der Waals surface area contributed by atoms with Gasteiger partial charge in [0, 0.05) is 38.1 Å². The molecule has 0 unspecified atom stereocenters. The number of piperazine rings is 1. The zero-order chi connectivity index (χ0) is 21.8. The van der Waals surface area contributed by atoms with Gasteiger partial charge < -0.3 is 19.1 Å². The first-order valence-electron chi connectivity index (χ1n) is 11.4. The number of likely N-dealkylation sites (N-methyl/N-ethyl adjacent to an activating group) is 1. The van der Waals surface area contributed by atoms with Crippen molar-refractivity contribution < 1.29 is 9.53 Å². The van der Waals surface area contributed by atoms with Gasteiger partial charge >= 0.3 is 0 Å². The van der Waals surface area contributed by atoms with Crippen LogP contribution in [-0.4, -0.2) is 59.1 Å². The van der Waals surface area contributed by atoms with Crippen molar-refractivity contribution in [2.75, 3.05) is 32.7 Å². The molecule has 5 heteroatoms. The van der Waals surface area contributed by atoms with Gasteiger partial charge in [0.05, 0.1) is 11.6 Å². The predicted octanol–water partition coefficient (Wildman–Crippen LogP) is 4.64. The molecular weight excluding hydrogens is 386 g/mol. The normalized spacial score (nSPS) is 15.9. The number of carbonyl (C=O) groups excluding carboxylic acids is 1. The summed E-state index contributed by atoms with van der Waals surface area (Å²) in [6.07, 6.45) is 1.07. The minimum Gasteiger partial charge on any atom is -0.490 e. The van der Waals surface area contributed by atoms with Crippen LogP contribution in [0.25, 0.3) is 10.9 Å². The lowest BCUT2D eigenvalue weighted by molar-refractivity contribution is 0.0633. The van der Waals surface area contributed by atoms with Crippen molar-refractivity contribution in [3.63, 3.8) is 0 Å². The Hall–Kier alpha value is -2.79. The molecule has 0 spiro atoms. The van der Waals surface area contributed by atoms with E-state index in [4.69, 9.17) is 4.74 Å². The van der Waals surface area contributed by atoms with Crippen molar-refractivity contribution in [3.05, 3.63) is 65.9 Å². The minimum absolute atomic E-state index is 0.109. The van der Waals surface area contributed by atoms with Gasteiger partial charge in [-0.15, -0.1) is 0 Å². The maximum atomic E-state index is 13.6. The number of ether oxygens (including phenoxy) is 1. The summed E-state index contributed by atoms with van der Waals surface area (Å²) in [5, 5.41) is 1.01. The van der Waals surface area contributed by atoms with E-state index in [1.54, 1.807) is 0 Å². The van der Waals surface area contributed by atoms with Crippen LogP contribution in [0.2, 0.25) is 0 Å². The van der Waals surface area contributed by atoms with Crippen molar-refractivity contribution >= 4 is 16.8 Å². The van der Waals surface area contributed by atoms with E-state index in [2.05, 4.69) is 48.4 Å². The van der Waals surface area contributed by atoms with Crippen molar-refractivity contribution in [2.24, 2.45) is 0 Å². The summed E-state index contributed by atoms with van der Waals surface area (Å²) in [5.41, 5.74) is 2.96. The highest BCUT2D eigenvalue weighted by molar-refractivity contribution is 6.00. The predicted molar refractivity (Wildman–Crippen MR) is 126 cm³/mol. The zero-order valence-corrected chi connectivity index (χ0v) is 18.9. The fourth-order valence-electron chi connectivity index (χ4n) is 4.20. The van der Waals surface area contributed by atoms with Crippen molar-refractivity contribution in [1.29, 1.82) is 0 Å². The third kappa shape index (κ3) is 4.62. The second-order valence-corrected chi connectivity index (χ2v) is 8.35. The fourth-order valence-corrected chi connectivity index (χ4v) is 4.20. The van der Waals surface area contributed by atoms with Crippen molar-refractivity contribution in [2.45, 2.75) is 39.8 Å². The van der Waals surface area contributed by atoms with E-state index >= 15 is 0 Å². The number of aromatic nitrogens is 1. The summed E-state index contributed by atoms with van der Waals surface area (Å²) in [4.78, 5) is 18.0. The Labute approximate surface area is 185 Å². The molecule has 1 saturated heterocycles. The molecule has 0 radical (unpaired) electrons. The largest absolute Gasteiger partial charge is 0.490 e. The lowest BCUT2D eigenvalue weighted by atomic mass is 10.2. The van der Waals surface area contributed by atoms with E-state index in [0.29, 0.717) is 6.54 Å². The van der Waals surface area contributed by atoms with Crippen molar-refractivity contribution in [1.82, 2.24) is 14.4 Å².